The second-order valence-electron chi connectivity index (χ2n) is 21.8. The smallest absolute Gasteiger partial charge is 0.286 e. The molecule has 3 fully saturated rings. The number of aromatic nitrogens is 6. The largest absolute Gasteiger partial charge is 0.493 e. The van der Waals surface area contributed by atoms with Crippen molar-refractivity contribution in [1.82, 2.24) is 44.7 Å². The molecule has 2 aromatic heterocycles. The minimum absolute atomic E-state index is 0.0349. The van der Waals surface area contributed by atoms with Gasteiger partial charge in [0.25, 0.3) is 34.8 Å². The molecule has 3 aliphatic heterocycles. The average molecular weight is 1420 g/mol. The Kier molecular flexibility index (Phi) is 27.6. The third-order valence-electron chi connectivity index (χ3n) is 16.1. The molecule has 0 aliphatic carbocycles. The SMILES string of the molecule is CCSC(SCC)[C@@H]1CCCN1C(=O)c1cc(OC)c(OCc2cn(CCCCOc3cc([N+](=O)[O-])c(C(=O)N4C[C@@H](n5cc(COc6cc([N+](=O)[O-])c(C(=O)N7CCC[C@H]7C(SCC)SCC)cc6OC)nn5)C[C@H]4C(SCC)SCC)cc3OC)nn2)cc1[N+](=O)[O-]. The van der Waals surface area contributed by atoms with Crippen LogP contribution < -0.4 is 28.4 Å². The number of ether oxygens (including phenoxy) is 6. The van der Waals surface area contributed by atoms with Gasteiger partial charge in [0, 0.05) is 44.4 Å². The zero-order valence-corrected chi connectivity index (χ0v) is 59.1. The summed E-state index contributed by atoms with van der Waals surface area (Å²) in [6, 6.07) is 6.78. The van der Waals surface area contributed by atoms with E-state index in [0.29, 0.717) is 50.3 Å². The molecule has 0 unspecified atom stereocenters. The number of nitro benzene ring substituents is 3. The van der Waals surface area contributed by atoms with Gasteiger partial charge >= 0.3 is 0 Å². The molecule has 3 amide bonds. The van der Waals surface area contributed by atoms with Crippen LogP contribution in [0.1, 0.15) is 135 Å². The molecule has 3 saturated heterocycles. The van der Waals surface area contributed by atoms with E-state index in [1.54, 1.807) is 107 Å². The second-order valence-corrected chi connectivity index (χ2v) is 31.2. The Morgan fingerprint density at radius 1 is 0.521 bits per heavy atom. The molecule has 512 valence electrons. The number of nitro groups is 3. The lowest BCUT2D eigenvalue weighted by Gasteiger charge is -2.31. The van der Waals surface area contributed by atoms with Crippen molar-refractivity contribution >= 4 is 105 Å². The van der Waals surface area contributed by atoms with E-state index in [-0.39, 0.29) is 103 Å². The van der Waals surface area contributed by atoms with E-state index < -0.39 is 61.6 Å². The monoisotopic (exact) mass is 1410 g/mol. The summed E-state index contributed by atoms with van der Waals surface area (Å²) in [5.74, 6) is 4.18. The summed E-state index contributed by atoms with van der Waals surface area (Å²) in [6.45, 7) is 13.7. The van der Waals surface area contributed by atoms with Gasteiger partial charge in [0.05, 0.1) is 111 Å². The van der Waals surface area contributed by atoms with Crippen LogP contribution in [0, 0.1) is 30.3 Å². The lowest BCUT2D eigenvalue weighted by atomic mass is 10.1. The van der Waals surface area contributed by atoms with E-state index in [2.05, 4.69) is 48.3 Å². The van der Waals surface area contributed by atoms with Crippen molar-refractivity contribution in [3.8, 4) is 34.5 Å². The van der Waals surface area contributed by atoms with Crippen LogP contribution >= 0.6 is 70.6 Å². The molecule has 0 saturated carbocycles. The molecule has 5 heterocycles. The number of hydrogen-bond acceptors (Lipinski definition) is 25. The molecule has 8 rings (SSSR count). The van der Waals surface area contributed by atoms with Gasteiger partial charge in [-0.1, -0.05) is 52.0 Å². The summed E-state index contributed by atoms with van der Waals surface area (Å²) in [6.07, 6.45) is 8.04. The fourth-order valence-electron chi connectivity index (χ4n) is 11.8. The van der Waals surface area contributed by atoms with Gasteiger partial charge in [0.2, 0.25) is 0 Å². The van der Waals surface area contributed by atoms with Crippen LogP contribution in [0.2, 0.25) is 0 Å². The van der Waals surface area contributed by atoms with Crippen LogP contribution in [0.4, 0.5) is 17.1 Å². The fraction of sp³-hybridized carbons (Fsp3) is 0.590. The number of methoxy groups -OCH3 is 3. The second kappa shape index (κ2) is 35.4. The van der Waals surface area contributed by atoms with Gasteiger partial charge in [0.15, 0.2) is 34.5 Å². The maximum absolute atomic E-state index is 14.9. The molecule has 3 aromatic carbocycles. The fourth-order valence-corrected chi connectivity index (χ4v) is 20.4. The zero-order valence-electron chi connectivity index (χ0n) is 54.2. The Morgan fingerprint density at radius 3 is 1.33 bits per heavy atom. The molecule has 0 bridgehead atoms. The first kappa shape index (κ1) is 73.3. The first-order valence-corrected chi connectivity index (χ1v) is 37.6. The van der Waals surface area contributed by atoms with Crippen LogP contribution in [0.15, 0.2) is 48.8 Å². The minimum Gasteiger partial charge on any atom is -0.493 e. The van der Waals surface area contributed by atoms with Crippen LogP contribution in [-0.4, -0.2) is 191 Å². The highest BCUT2D eigenvalue weighted by molar-refractivity contribution is 8.17. The van der Waals surface area contributed by atoms with Crippen LogP contribution in [0.5, 0.6) is 34.5 Å². The summed E-state index contributed by atoms with van der Waals surface area (Å²) < 4.78 is 38.6. The van der Waals surface area contributed by atoms with E-state index in [1.165, 1.54) is 57.7 Å². The number of unbranched alkanes of at least 4 members (excludes halogenated alkanes) is 1. The Bertz CT molecular complexity index is 3420. The first-order valence-electron chi connectivity index (χ1n) is 31.4. The number of amides is 3. The summed E-state index contributed by atoms with van der Waals surface area (Å²) in [7, 11) is 4.19. The number of carbonyl (C=O) groups is 3. The molecule has 3 aliphatic rings. The highest BCUT2D eigenvalue weighted by Crippen LogP contribution is 2.45. The van der Waals surface area contributed by atoms with Gasteiger partial charge in [0.1, 0.15) is 41.3 Å². The van der Waals surface area contributed by atoms with Crippen molar-refractivity contribution < 1.29 is 57.6 Å². The lowest BCUT2D eigenvalue weighted by Crippen LogP contribution is -2.41. The van der Waals surface area contributed by atoms with Gasteiger partial charge in [-0.2, -0.15) is 0 Å². The number of thioether (sulfide) groups is 6. The van der Waals surface area contributed by atoms with Crippen molar-refractivity contribution in [2.45, 2.75) is 144 Å². The van der Waals surface area contributed by atoms with Crippen molar-refractivity contribution in [3.63, 3.8) is 0 Å². The first-order chi connectivity index (χ1) is 45.4. The van der Waals surface area contributed by atoms with Crippen LogP contribution in [-0.2, 0) is 19.8 Å². The van der Waals surface area contributed by atoms with Crippen molar-refractivity contribution in [2.75, 3.05) is 82.1 Å². The van der Waals surface area contributed by atoms with Crippen molar-refractivity contribution in [3.05, 3.63) is 107 Å². The third kappa shape index (κ3) is 17.7. The van der Waals surface area contributed by atoms with Crippen LogP contribution in [0.3, 0.4) is 0 Å². The summed E-state index contributed by atoms with van der Waals surface area (Å²) in [5, 5.41) is 55.1. The minimum atomic E-state index is -0.614. The normalized spacial score (nSPS) is 17.2. The maximum Gasteiger partial charge on any atom is 0.286 e. The van der Waals surface area contributed by atoms with Gasteiger partial charge in [-0.25, -0.2) is 4.68 Å². The Morgan fingerprint density at radius 2 is 0.915 bits per heavy atom. The van der Waals surface area contributed by atoms with E-state index in [4.69, 9.17) is 28.4 Å². The summed E-state index contributed by atoms with van der Waals surface area (Å²) in [5.41, 5.74) is -0.802. The molecule has 33 heteroatoms. The number of aryl methyl sites for hydroxylation is 1. The van der Waals surface area contributed by atoms with Crippen molar-refractivity contribution in [2.24, 2.45) is 0 Å². The Hall–Kier alpha value is -6.55. The number of carbonyl (C=O) groups excluding carboxylic acids is 3. The predicted octanol–water partition coefficient (Wildman–Crippen LogP) is 11.8. The van der Waals surface area contributed by atoms with Gasteiger partial charge < -0.3 is 43.1 Å². The molecule has 94 heavy (non-hydrogen) atoms. The molecule has 0 N–H and O–H groups in total. The molecule has 27 nitrogen and oxygen atoms in total. The number of hydrogen-bond donors (Lipinski definition) is 0. The van der Waals surface area contributed by atoms with E-state index in [9.17, 15) is 44.7 Å². The van der Waals surface area contributed by atoms with Gasteiger partial charge in [-0.05, 0) is 79.5 Å². The summed E-state index contributed by atoms with van der Waals surface area (Å²) in [4.78, 5) is 84.4. The average Bonchev–Trinajstić information content (AvgIpc) is 1.45. The third-order valence-corrected chi connectivity index (χ3v) is 24.4. The highest BCUT2D eigenvalue weighted by Gasteiger charge is 2.45. The maximum atomic E-state index is 14.9. The topological polar surface area (TPSA) is 307 Å². The lowest BCUT2D eigenvalue weighted by molar-refractivity contribution is -0.385. The van der Waals surface area contributed by atoms with E-state index in [0.717, 1.165) is 60.2 Å². The molecule has 4 atom stereocenters. The van der Waals surface area contributed by atoms with Crippen molar-refractivity contribution in [1.29, 1.82) is 0 Å². The number of rotatable bonds is 37. The van der Waals surface area contributed by atoms with Gasteiger partial charge in [-0.3, -0.25) is 49.4 Å². The molecule has 5 aromatic rings. The number of nitrogens with zero attached hydrogens (tertiary/aromatic N) is 12. The molecular formula is C61H82N12O15S6. The molecule has 0 radical (unpaired) electrons. The van der Waals surface area contributed by atoms with E-state index in [1.807, 2.05) is 13.8 Å². The molecule has 0 spiro atoms. The number of likely N-dealkylation sites (tertiary alicyclic amines) is 3. The quantitative estimate of drug-likeness (QED) is 0.0154. The van der Waals surface area contributed by atoms with Crippen LogP contribution in [0.25, 0.3) is 0 Å². The standard InChI is InChI=1S/C61H82N12O15S6/c1-10-89-59(90-11-2)44-20-18-23-67(44)56(74)41-27-51(84-8)54(31-47(41)72(79)80)87-36-38-33-66(64-62-38)22-16-17-25-86-53-30-46(71(77)78)43(29-50(53)83-7)58(76)69-35-40(26-49(69)61(93-14-5)94-15-6)70-34-39(63-65-70)37-88-55-32-48(73(81)82)42(28-52(55)85-9)57(75)68-24-19-21-45(68)60(91-12-3)92-13-4/h27-34,40,44-45,49,59-61H,10-26,35-37H2,1-9H3/t40-,44-,45-,49-/m0/s1. The van der Waals surface area contributed by atoms with Gasteiger partial charge in [-0.15, -0.1) is 80.8 Å². The number of benzene rings is 3. The zero-order chi connectivity index (χ0) is 67.6. The van der Waals surface area contributed by atoms with E-state index >= 15 is 0 Å². The molecular weight excluding hydrogens is 1330 g/mol. The Balaban J connectivity index is 0.897. The Labute approximate surface area is 572 Å². The predicted molar refractivity (Wildman–Crippen MR) is 369 cm³/mol. The summed E-state index contributed by atoms with van der Waals surface area (Å²) >= 11 is 10.5. The highest BCUT2D eigenvalue weighted by atomic mass is 32.2.